The lowest BCUT2D eigenvalue weighted by atomic mass is 9.97. The van der Waals surface area contributed by atoms with Gasteiger partial charge in [-0.15, -0.1) is 0 Å². The largest absolute Gasteiger partial charge is 0.495 e. The van der Waals surface area contributed by atoms with Crippen LogP contribution in [0.4, 0.5) is 5.69 Å². The van der Waals surface area contributed by atoms with Gasteiger partial charge < -0.3 is 10.1 Å². The van der Waals surface area contributed by atoms with Gasteiger partial charge in [-0.05, 0) is 29.7 Å². The fourth-order valence-corrected chi connectivity index (χ4v) is 2.39. The predicted molar refractivity (Wildman–Crippen MR) is 86.1 cm³/mol. The number of benzene rings is 2. The van der Waals surface area contributed by atoms with Crippen LogP contribution in [-0.2, 0) is 4.79 Å². The minimum Gasteiger partial charge on any atom is -0.495 e. The van der Waals surface area contributed by atoms with Crippen molar-refractivity contribution < 1.29 is 9.53 Å². The molecule has 0 heterocycles. The van der Waals surface area contributed by atoms with Crippen molar-refractivity contribution in [3.63, 3.8) is 0 Å². The molecule has 0 radical (unpaired) electrons. The molecule has 21 heavy (non-hydrogen) atoms. The molecule has 1 amide bonds. The van der Waals surface area contributed by atoms with E-state index in [1.54, 1.807) is 25.3 Å². The molecule has 1 N–H and O–H groups in total. The van der Waals surface area contributed by atoms with Gasteiger partial charge in [0.25, 0.3) is 0 Å². The Bertz CT molecular complexity index is 613. The second-order valence-electron chi connectivity index (χ2n) is 4.91. The van der Waals surface area contributed by atoms with Gasteiger partial charge in [0.1, 0.15) is 5.75 Å². The van der Waals surface area contributed by atoms with E-state index in [0.29, 0.717) is 22.9 Å². The Morgan fingerprint density at radius 3 is 2.57 bits per heavy atom. The summed E-state index contributed by atoms with van der Waals surface area (Å²) in [6.07, 6.45) is 0.424. The van der Waals surface area contributed by atoms with Gasteiger partial charge in [-0.25, -0.2) is 0 Å². The van der Waals surface area contributed by atoms with Gasteiger partial charge in [0.05, 0.1) is 12.1 Å². The normalized spacial score (nSPS) is 11.8. The molecule has 1 atom stereocenters. The summed E-state index contributed by atoms with van der Waals surface area (Å²) in [7, 11) is 1.56. The number of anilines is 1. The van der Waals surface area contributed by atoms with E-state index >= 15 is 0 Å². The van der Waals surface area contributed by atoms with E-state index in [2.05, 4.69) is 5.32 Å². The lowest BCUT2D eigenvalue weighted by molar-refractivity contribution is -0.116. The van der Waals surface area contributed by atoms with Crippen LogP contribution in [0.1, 0.15) is 24.8 Å². The Morgan fingerprint density at radius 2 is 1.95 bits per heavy atom. The van der Waals surface area contributed by atoms with Crippen LogP contribution in [0, 0.1) is 0 Å². The molecular weight excluding hydrogens is 286 g/mol. The monoisotopic (exact) mass is 303 g/mol. The molecule has 4 heteroatoms. The average Bonchev–Trinajstić information content (AvgIpc) is 2.48. The quantitative estimate of drug-likeness (QED) is 0.884. The molecule has 0 aromatic heterocycles. The van der Waals surface area contributed by atoms with E-state index in [-0.39, 0.29) is 11.8 Å². The maximum atomic E-state index is 12.1. The number of ether oxygens (including phenoxy) is 1. The molecule has 110 valence electrons. The number of nitrogens with one attached hydrogen (secondary N) is 1. The first-order valence-corrected chi connectivity index (χ1v) is 7.16. The van der Waals surface area contributed by atoms with Crippen LogP contribution in [0.3, 0.4) is 0 Å². The van der Waals surface area contributed by atoms with Crippen LogP contribution in [0.15, 0.2) is 48.5 Å². The molecule has 0 saturated heterocycles. The number of hydrogen-bond acceptors (Lipinski definition) is 2. The zero-order chi connectivity index (χ0) is 15.2. The fourth-order valence-electron chi connectivity index (χ4n) is 2.13. The molecule has 0 aliphatic carbocycles. The van der Waals surface area contributed by atoms with Gasteiger partial charge in [0.2, 0.25) is 5.91 Å². The van der Waals surface area contributed by atoms with Gasteiger partial charge >= 0.3 is 0 Å². The van der Waals surface area contributed by atoms with Crippen molar-refractivity contribution in [2.75, 3.05) is 12.4 Å². The first kappa shape index (κ1) is 15.4. The second kappa shape index (κ2) is 7.14. The lowest BCUT2D eigenvalue weighted by Crippen LogP contribution is -2.14. The van der Waals surface area contributed by atoms with Gasteiger partial charge in [0, 0.05) is 12.1 Å². The third-order valence-corrected chi connectivity index (χ3v) is 3.59. The average molecular weight is 304 g/mol. The molecule has 0 saturated carbocycles. The topological polar surface area (TPSA) is 38.3 Å². The fraction of sp³-hybridized carbons (Fsp3) is 0.235. The summed E-state index contributed by atoms with van der Waals surface area (Å²) < 4.78 is 5.08. The number of amides is 1. The summed E-state index contributed by atoms with van der Waals surface area (Å²) in [5.41, 5.74) is 1.83. The summed E-state index contributed by atoms with van der Waals surface area (Å²) >= 11 is 6.04. The Labute approximate surface area is 129 Å². The SMILES string of the molecule is COc1ccc(NC(=O)C[C@@H](C)c2ccccc2)cc1Cl. The van der Waals surface area contributed by atoms with Gasteiger partial charge in [-0.2, -0.15) is 0 Å². The molecule has 0 aliphatic heterocycles. The predicted octanol–water partition coefficient (Wildman–Crippen LogP) is 4.48. The number of carbonyl (C=O) groups is 1. The van der Waals surface area contributed by atoms with Crippen LogP contribution < -0.4 is 10.1 Å². The maximum absolute atomic E-state index is 12.1. The van der Waals surface area contributed by atoms with Crippen LogP contribution >= 0.6 is 11.6 Å². The highest BCUT2D eigenvalue weighted by Crippen LogP contribution is 2.27. The summed E-state index contributed by atoms with van der Waals surface area (Å²) in [6.45, 7) is 2.04. The summed E-state index contributed by atoms with van der Waals surface area (Å²) in [6, 6.07) is 15.2. The standard InChI is InChI=1S/C17H18ClNO2/c1-12(13-6-4-3-5-7-13)10-17(20)19-14-8-9-16(21-2)15(18)11-14/h3-9,11-12H,10H2,1-2H3,(H,19,20)/t12-/m1/s1. The number of methoxy groups -OCH3 is 1. The minimum absolute atomic E-state index is 0.0346. The molecule has 0 bridgehead atoms. The molecule has 0 spiro atoms. The number of hydrogen-bond donors (Lipinski definition) is 1. The third kappa shape index (κ3) is 4.23. The summed E-state index contributed by atoms with van der Waals surface area (Å²) in [4.78, 5) is 12.1. The molecule has 3 nitrogen and oxygen atoms in total. The van der Waals surface area contributed by atoms with Crippen molar-refractivity contribution in [2.45, 2.75) is 19.3 Å². The first-order valence-electron chi connectivity index (χ1n) is 6.78. The van der Waals surface area contributed by atoms with Crippen molar-refractivity contribution in [3.8, 4) is 5.75 Å². The Kier molecular flexibility index (Phi) is 5.23. The first-order chi connectivity index (χ1) is 10.1. The van der Waals surface area contributed by atoms with Crippen LogP contribution in [0.5, 0.6) is 5.75 Å². The second-order valence-corrected chi connectivity index (χ2v) is 5.32. The highest BCUT2D eigenvalue weighted by molar-refractivity contribution is 6.32. The van der Waals surface area contributed by atoms with Crippen molar-refractivity contribution in [1.82, 2.24) is 0 Å². The molecule has 2 aromatic rings. The van der Waals surface area contributed by atoms with E-state index < -0.39 is 0 Å². The molecule has 2 rings (SSSR count). The molecular formula is C17H18ClNO2. The van der Waals surface area contributed by atoms with Gasteiger partial charge in [0.15, 0.2) is 0 Å². The Morgan fingerprint density at radius 1 is 1.24 bits per heavy atom. The molecule has 0 fully saturated rings. The summed E-state index contributed by atoms with van der Waals surface area (Å²) in [5.74, 6) is 0.722. The molecule has 2 aromatic carbocycles. The van der Waals surface area contributed by atoms with Gasteiger partial charge in [-0.3, -0.25) is 4.79 Å². The van der Waals surface area contributed by atoms with E-state index in [1.165, 1.54) is 0 Å². The number of rotatable bonds is 5. The number of carbonyl (C=O) groups excluding carboxylic acids is 1. The number of halogens is 1. The van der Waals surface area contributed by atoms with E-state index in [4.69, 9.17) is 16.3 Å². The molecule has 0 aliphatic rings. The van der Waals surface area contributed by atoms with Crippen LogP contribution in [-0.4, -0.2) is 13.0 Å². The van der Waals surface area contributed by atoms with Crippen molar-refractivity contribution >= 4 is 23.2 Å². The van der Waals surface area contributed by atoms with Crippen molar-refractivity contribution in [3.05, 3.63) is 59.1 Å². The van der Waals surface area contributed by atoms with Gasteiger partial charge in [-0.1, -0.05) is 48.9 Å². The van der Waals surface area contributed by atoms with E-state index in [0.717, 1.165) is 5.56 Å². The van der Waals surface area contributed by atoms with E-state index in [1.807, 2.05) is 37.3 Å². The lowest BCUT2D eigenvalue weighted by Gasteiger charge is -2.12. The zero-order valence-corrected chi connectivity index (χ0v) is 12.9. The zero-order valence-electron chi connectivity index (χ0n) is 12.1. The highest BCUT2D eigenvalue weighted by Gasteiger charge is 2.12. The van der Waals surface area contributed by atoms with Crippen LogP contribution in [0.2, 0.25) is 5.02 Å². The van der Waals surface area contributed by atoms with E-state index in [9.17, 15) is 4.79 Å². The summed E-state index contributed by atoms with van der Waals surface area (Å²) in [5, 5.41) is 3.33. The Hall–Kier alpha value is -2.00. The highest BCUT2D eigenvalue weighted by atomic mass is 35.5. The van der Waals surface area contributed by atoms with Crippen LogP contribution in [0.25, 0.3) is 0 Å². The van der Waals surface area contributed by atoms with Crippen molar-refractivity contribution in [2.24, 2.45) is 0 Å². The smallest absolute Gasteiger partial charge is 0.224 e. The maximum Gasteiger partial charge on any atom is 0.224 e. The molecule has 0 unspecified atom stereocenters. The Balaban J connectivity index is 1.97. The minimum atomic E-state index is -0.0346. The third-order valence-electron chi connectivity index (χ3n) is 3.30. The van der Waals surface area contributed by atoms with Crippen molar-refractivity contribution in [1.29, 1.82) is 0 Å².